The van der Waals surface area contributed by atoms with Crippen molar-refractivity contribution in [3.05, 3.63) is 0 Å². The Morgan fingerprint density at radius 2 is 1.93 bits per heavy atom. The molecule has 0 aromatic heterocycles. The molecule has 0 aliphatic rings. The maximum Gasteiger partial charge on any atom is 0.298 e. The highest BCUT2D eigenvalue weighted by atomic mass is 16.2. The Kier molecular flexibility index (Phi) is 6.87. The molecule has 0 fully saturated rings. The third-order valence-corrected chi connectivity index (χ3v) is 1.75. The fourth-order valence-electron chi connectivity index (χ4n) is 1.03. The van der Waals surface area contributed by atoms with Crippen LogP contribution in [0.25, 0.3) is 0 Å². The van der Waals surface area contributed by atoms with E-state index in [1.165, 1.54) is 0 Å². The van der Waals surface area contributed by atoms with Crippen LogP contribution in [0.5, 0.6) is 0 Å². The van der Waals surface area contributed by atoms with Crippen LogP contribution in [-0.4, -0.2) is 49.4 Å². The summed E-state index contributed by atoms with van der Waals surface area (Å²) in [5.74, 6) is 5.43. The molecular formula is C11H20N2O. The Hall–Kier alpha value is -1.01. The molecule has 0 spiro atoms. The van der Waals surface area contributed by atoms with E-state index in [0.717, 1.165) is 19.5 Å². The molecule has 1 amide bonds. The summed E-state index contributed by atoms with van der Waals surface area (Å²) >= 11 is 0. The summed E-state index contributed by atoms with van der Waals surface area (Å²) in [5, 5.41) is 0. The molecule has 0 atom stereocenters. The van der Waals surface area contributed by atoms with E-state index in [-0.39, 0.29) is 5.91 Å². The van der Waals surface area contributed by atoms with E-state index in [0.29, 0.717) is 6.54 Å². The van der Waals surface area contributed by atoms with Crippen molar-refractivity contribution in [3.63, 3.8) is 0 Å². The lowest BCUT2D eigenvalue weighted by molar-refractivity contribution is -0.124. The summed E-state index contributed by atoms with van der Waals surface area (Å²) in [6.07, 6.45) is 0.981. The molecule has 80 valence electrons. The molecule has 0 aliphatic heterocycles. The van der Waals surface area contributed by atoms with Gasteiger partial charge >= 0.3 is 0 Å². The first-order valence-electron chi connectivity index (χ1n) is 5.04. The fraction of sp³-hybridized carbons (Fsp3) is 0.727. The van der Waals surface area contributed by atoms with Crippen LogP contribution < -0.4 is 0 Å². The SMILES string of the molecule is CCCN(CC)C(=O)C#CCN(C)C. The van der Waals surface area contributed by atoms with Gasteiger partial charge in [0.2, 0.25) is 0 Å². The van der Waals surface area contributed by atoms with Gasteiger partial charge in [0, 0.05) is 13.1 Å². The van der Waals surface area contributed by atoms with Crippen LogP contribution in [0.3, 0.4) is 0 Å². The lowest BCUT2D eigenvalue weighted by Gasteiger charge is -2.16. The molecule has 0 aliphatic carbocycles. The molecule has 0 unspecified atom stereocenters. The number of carbonyl (C=O) groups excluding carboxylic acids is 1. The normalized spacial score (nSPS) is 9.50. The maximum absolute atomic E-state index is 11.5. The van der Waals surface area contributed by atoms with Gasteiger partial charge in [-0.1, -0.05) is 12.8 Å². The summed E-state index contributed by atoms with van der Waals surface area (Å²) in [5.41, 5.74) is 0. The number of rotatable bonds is 4. The molecule has 0 rings (SSSR count). The Balaban J connectivity index is 4.07. The lowest BCUT2D eigenvalue weighted by atomic mass is 10.4. The average molecular weight is 196 g/mol. The molecule has 0 bridgehead atoms. The Morgan fingerprint density at radius 3 is 2.36 bits per heavy atom. The minimum absolute atomic E-state index is 0.0591. The molecule has 0 radical (unpaired) electrons. The van der Waals surface area contributed by atoms with Crippen molar-refractivity contribution in [2.45, 2.75) is 20.3 Å². The van der Waals surface area contributed by atoms with Crippen LogP contribution in [0.2, 0.25) is 0 Å². The summed E-state index contributed by atoms with van der Waals surface area (Å²) in [4.78, 5) is 15.2. The van der Waals surface area contributed by atoms with Crippen LogP contribution in [0.4, 0.5) is 0 Å². The minimum atomic E-state index is -0.0591. The van der Waals surface area contributed by atoms with Gasteiger partial charge < -0.3 is 4.90 Å². The molecule has 0 saturated heterocycles. The predicted octanol–water partition coefficient (Wildman–Crippen LogP) is 0.810. The molecule has 3 heteroatoms. The van der Waals surface area contributed by atoms with Gasteiger partial charge in [0.25, 0.3) is 5.91 Å². The minimum Gasteiger partial charge on any atom is -0.332 e. The highest BCUT2D eigenvalue weighted by Gasteiger charge is 2.05. The van der Waals surface area contributed by atoms with Crippen LogP contribution in [0.15, 0.2) is 0 Å². The predicted molar refractivity (Wildman–Crippen MR) is 58.9 cm³/mol. The largest absolute Gasteiger partial charge is 0.332 e. The standard InChI is InChI=1S/C11H20N2O/c1-5-9-13(6-2)11(14)8-7-10-12(3)4/h5-6,9-10H2,1-4H3. The van der Waals surface area contributed by atoms with E-state index in [1.807, 2.05) is 25.9 Å². The van der Waals surface area contributed by atoms with Crippen LogP contribution >= 0.6 is 0 Å². The summed E-state index contributed by atoms with van der Waals surface area (Å²) in [6.45, 7) is 6.20. The Labute approximate surface area is 87.1 Å². The van der Waals surface area contributed by atoms with Crippen LogP contribution in [0.1, 0.15) is 20.3 Å². The summed E-state index contributed by atoms with van der Waals surface area (Å²) in [6, 6.07) is 0. The third-order valence-electron chi connectivity index (χ3n) is 1.75. The van der Waals surface area contributed by atoms with Gasteiger partial charge in [-0.25, -0.2) is 0 Å². The molecule has 0 aromatic carbocycles. The number of amides is 1. The Bertz CT molecular complexity index is 225. The van der Waals surface area contributed by atoms with E-state index >= 15 is 0 Å². The van der Waals surface area contributed by atoms with Crippen molar-refractivity contribution >= 4 is 5.91 Å². The van der Waals surface area contributed by atoms with Gasteiger partial charge in [-0.15, -0.1) is 0 Å². The molecule has 0 heterocycles. The smallest absolute Gasteiger partial charge is 0.298 e. The zero-order valence-electron chi connectivity index (χ0n) is 9.63. The first kappa shape index (κ1) is 13.0. The van der Waals surface area contributed by atoms with Gasteiger partial charge in [-0.3, -0.25) is 9.69 Å². The fourth-order valence-corrected chi connectivity index (χ4v) is 1.03. The highest BCUT2D eigenvalue weighted by molar-refractivity contribution is 5.93. The maximum atomic E-state index is 11.5. The van der Waals surface area contributed by atoms with Crippen molar-refractivity contribution in [2.75, 3.05) is 33.7 Å². The zero-order chi connectivity index (χ0) is 11.0. The van der Waals surface area contributed by atoms with Crippen LogP contribution in [0, 0.1) is 11.8 Å². The topological polar surface area (TPSA) is 23.6 Å². The quantitative estimate of drug-likeness (QED) is 0.621. The Morgan fingerprint density at radius 1 is 1.29 bits per heavy atom. The molecule has 0 saturated carbocycles. The van der Waals surface area contributed by atoms with Crippen molar-refractivity contribution < 1.29 is 4.79 Å². The highest BCUT2D eigenvalue weighted by Crippen LogP contribution is 1.90. The second-order valence-corrected chi connectivity index (χ2v) is 3.42. The molecule has 14 heavy (non-hydrogen) atoms. The van der Waals surface area contributed by atoms with Gasteiger partial charge in [-0.05, 0) is 33.4 Å². The van der Waals surface area contributed by atoms with Crippen LogP contribution in [-0.2, 0) is 4.79 Å². The molecule has 0 N–H and O–H groups in total. The van der Waals surface area contributed by atoms with E-state index in [1.54, 1.807) is 4.90 Å². The molecular weight excluding hydrogens is 176 g/mol. The van der Waals surface area contributed by atoms with E-state index in [4.69, 9.17) is 0 Å². The second kappa shape index (κ2) is 7.40. The number of hydrogen-bond donors (Lipinski definition) is 0. The van der Waals surface area contributed by atoms with Gasteiger partial charge in [0.1, 0.15) is 0 Å². The van der Waals surface area contributed by atoms with Crippen molar-refractivity contribution in [3.8, 4) is 11.8 Å². The molecule has 0 aromatic rings. The van der Waals surface area contributed by atoms with E-state index in [2.05, 4.69) is 18.8 Å². The third kappa shape index (κ3) is 5.60. The van der Waals surface area contributed by atoms with Gasteiger partial charge in [-0.2, -0.15) is 0 Å². The average Bonchev–Trinajstić information content (AvgIpc) is 2.13. The van der Waals surface area contributed by atoms with Gasteiger partial charge in [0.15, 0.2) is 0 Å². The lowest BCUT2D eigenvalue weighted by Crippen LogP contribution is -2.30. The first-order chi connectivity index (χ1) is 6.61. The monoisotopic (exact) mass is 196 g/mol. The van der Waals surface area contributed by atoms with E-state index < -0.39 is 0 Å². The second-order valence-electron chi connectivity index (χ2n) is 3.42. The van der Waals surface area contributed by atoms with E-state index in [9.17, 15) is 4.79 Å². The van der Waals surface area contributed by atoms with Crippen molar-refractivity contribution in [1.29, 1.82) is 0 Å². The zero-order valence-corrected chi connectivity index (χ0v) is 9.63. The van der Waals surface area contributed by atoms with Gasteiger partial charge in [0.05, 0.1) is 6.54 Å². The number of carbonyl (C=O) groups is 1. The number of nitrogens with zero attached hydrogens (tertiary/aromatic N) is 2. The summed E-state index contributed by atoms with van der Waals surface area (Å²) in [7, 11) is 3.87. The van der Waals surface area contributed by atoms with Crippen molar-refractivity contribution in [2.24, 2.45) is 0 Å². The van der Waals surface area contributed by atoms with Crippen molar-refractivity contribution in [1.82, 2.24) is 9.80 Å². The summed E-state index contributed by atoms with van der Waals surface area (Å²) < 4.78 is 0. The number of hydrogen-bond acceptors (Lipinski definition) is 2. The first-order valence-corrected chi connectivity index (χ1v) is 5.04. The molecule has 3 nitrogen and oxygen atoms in total.